The number of hydrogen-bond acceptors (Lipinski definition) is 5. The quantitative estimate of drug-likeness (QED) is 0.705. The molecule has 0 amide bonds. The van der Waals surface area contributed by atoms with E-state index in [1.54, 1.807) is 25.3 Å². The molecule has 2 N–H and O–H groups in total. The molecule has 0 spiro atoms. The van der Waals surface area contributed by atoms with E-state index in [1.165, 1.54) is 12.1 Å². The van der Waals surface area contributed by atoms with Gasteiger partial charge in [-0.05, 0) is 73.2 Å². The van der Waals surface area contributed by atoms with Gasteiger partial charge in [0.1, 0.15) is 17.1 Å². The maximum absolute atomic E-state index is 12.7. The van der Waals surface area contributed by atoms with Gasteiger partial charge in [0.2, 0.25) is 10.0 Å². The Morgan fingerprint density at radius 2 is 1.86 bits per heavy atom. The van der Waals surface area contributed by atoms with E-state index >= 15 is 0 Å². The fourth-order valence-electron chi connectivity index (χ4n) is 3.48. The minimum atomic E-state index is -3.74. The summed E-state index contributed by atoms with van der Waals surface area (Å²) in [5.41, 5.74) is 0.507. The summed E-state index contributed by atoms with van der Waals surface area (Å²) in [5, 5.41) is 11.2. The largest absolute Gasteiger partial charge is 0.497 e. The van der Waals surface area contributed by atoms with Crippen molar-refractivity contribution < 1.29 is 23.0 Å². The lowest BCUT2D eigenvalue weighted by atomic mass is 9.79. The lowest BCUT2D eigenvalue weighted by Crippen LogP contribution is -2.42. The Morgan fingerprint density at radius 1 is 1.14 bits per heavy atom. The highest BCUT2D eigenvalue weighted by atomic mass is 32.2. The van der Waals surface area contributed by atoms with Gasteiger partial charge in [-0.1, -0.05) is 13.0 Å². The van der Waals surface area contributed by atoms with Crippen molar-refractivity contribution in [3.05, 3.63) is 53.6 Å². The van der Waals surface area contributed by atoms with Crippen molar-refractivity contribution in [2.24, 2.45) is 0 Å². The summed E-state index contributed by atoms with van der Waals surface area (Å²) < 4.78 is 38.6. The van der Waals surface area contributed by atoms with Crippen LogP contribution in [0.15, 0.2) is 47.4 Å². The number of nitrogens with one attached hydrogen (secondary N) is 1. The molecule has 0 saturated carbocycles. The summed E-state index contributed by atoms with van der Waals surface area (Å²) in [6.07, 6.45) is 2.99. The Kier molecular flexibility index (Phi) is 6.27. The van der Waals surface area contributed by atoms with Crippen LogP contribution >= 0.6 is 0 Å². The molecule has 7 heteroatoms. The van der Waals surface area contributed by atoms with Gasteiger partial charge < -0.3 is 14.6 Å². The summed E-state index contributed by atoms with van der Waals surface area (Å²) in [4.78, 5) is 0.144. The molecule has 3 rings (SSSR count). The van der Waals surface area contributed by atoms with E-state index in [0.717, 1.165) is 36.1 Å². The van der Waals surface area contributed by atoms with E-state index in [2.05, 4.69) is 4.72 Å². The zero-order valence-corrected chi connectivity index (χ0v) is 17.1. The molecular weight excluding hydrogens is 378 g/mol. The highest BCUT2D eigenvalue weighted by Gasteiger charge is 2.35. The van der Waals surface area contributed by atoms with E-state index in [-0.39, 0.29) is 11.4 Å². The number of methoxy groups -OCH3 is 1. The predicted octanol–water partition coefficient (Wildman–Crippen LogP) is 2.99. The topological polar surface area (TPSA) is 84.9 Å². The molecule has 1 atom stereocenters. The average Bonchev–Trinajstić information content (AvgIpc) is 2.71. The third-order valence-electron chi connectivity index (χ3n) is 5.01. The van der Waals surface area contributed by atoms with Gasteiger partial charge in [-0.15, -0.1) is 0 Å². The highest BCUT2D eigenvalue weighted by Crippen LogP contribution is 2.37. The van der Waals surface area contributed by atoms with Gasteiger partial charge in [-0.25, -0.2) is 13.1 Å². The first-order valence-electron chi connectivity index (χ1n) is 9.50. The molecule has 28 heavy (non-hydrogen) atoms. The smallest absolute Gasteiger partial charge is 0.240 e. The van der Waals surface area contributed by atoms with E-state index in [1.807, 2.05) is 19.1 Å². The summed E-state index contributed by atoms with van der Waals surface area (Å²) in [5.74, 6) is 1.36. The zero-order valence-electron chi connectivity index (χ0n) is 16.3. The molecule has 0 bridgehead atoms. The van der Waals surface area contributed by atoms with Gasteiger partial charge in [0, 0.05) is 6.54 Å². The monoisotopic (exact) mass is 405 g/mol. The average molecular weight is 406 g/mol. The SMILES string of the molecule is CCCOc1ccc(S(=O)(=O)NCC2(O)CCCc3cc(OC)ccc32)cc1. The van der Waals surface area contributed by atoms with Crippen molar-refractivity contribution in [2.75, 3.05) is 20.3 Å². The molecule has 1 unspecified atom stereocenters. The summed E-state index contributed by atoms with van der Waals surface area (Å²) in [6.45, 7) is 2.51. The molecule has 1 aliphatic carbocycles. The van der Waals surface area contributed by atoms with Crippen molar-refractivity contribution in [1.82, 2.24) is 4.72 Å². The van der Waals surface area contributed by atoms with Crippen LogP contribution in [0.5, 0.6) is 11.5 Å². The second-order valence-electron chi connectivity index (χ2n) is 7.05. The van der Waals surface area contributed by atoms with Crippen molar-refractivity contribution in [2.45, 2.75) is 43.1 Å². The van der Waals surface area contributed by atoms with E-state index in [0.29, 0.717) is 18.8 Å². The fourth-order valence-corrected chi connectivity index (χ4v) is 4.57. The molecule has 0 aromatic heterocycles. The van der Waals surface area contributed by atoms with E-state index in [9.17, 15) is 13.5 Å². The number of hydrogen-bond donors (Lipinski definition) is 2. The molecule has 0 aliphatic heterocycles. The summed E-state index contributed by atoms with van der Waals surface area (Å²) >= 11 is 0. The number of aliphatic hydroxyl groups is 1. The van der Waals surface area contributed by atoms with Crippen LogP contribution in [0.3, 0.4) is 0 Å². The molecule has 0 fully saturated rings. The van der Waals surface area contributed by atoms with Gasteiger partial charge in [-0.3, -0.25) is 0 Å². The summed E-state index contributed by atoms with van der Waals surface area (Å²) in [6, 6.07) is 11.8. The van der Waals surface area contributed by atoms with Crippen LogP contribution < -0.4 is 14.2 Å². The third kappa shape index (κ3) is 4.48. The number of ether oxygens (including phenoxy) is 2. The number of fused-ring (bicyclic) bond motifs is 1. The van der Waals surface area contributed by atoms with Crippen molar-refractivity contribution >= 4 is 10.0 Å². The van der Waals surface area contributed by atoms with Gasteiger partial charge in [-0.2, -0.15) is 0 Å². The first-order valence-corrected chi connectivity index (χ1v) is 11.0. The van der Waals surface area contributed by atoms with Crippen LogP contribution in [0.25, 0.3) is 0 Å². The molecular formula is C21H27NO5S. The lowest BCUT2D eigenvalue weighted by molar-refractivity contribution is 0.0242. The third-order valence-corrected chi connectivity index (χ3v) is 6.43. The molecule has 1 aliphatic rings. The molecule has 2 aromatic rings. The van der Waals surface area contributed by atoms with Crippen LogP contribution in [-0.2, 0) is 22.0 Å². The van der Waals surface area contributed by atoms with Gasteiger partial charge in [0.25, 0.3) is 0 Å². The minimum absolute atomic E-state index is 0.0806. The Balaban J connectivity index is 1.74. The van der Waals surface area contributed by atoms with Crippen LogP contribution in [-0.4, -0.2) is 33.8 Å². The summed E-state index contributed by atoms with van der Waals surface area (Å²) in [7, 11) is -2.14. The van der Waals surface area contributed by atoms with E-state index < -0.39 is 15.6 Å². The standard InChI is InChI=1S/C21H27NO5S/c1-3-13-27-17-6-9-19(10-7-17)28(24,25)22-15-21(23)12-4-5-16-14-18(26-2)8-11-20(16)21/h6-11,14,22-23H,3-5,12-13,15H2,1-2H3. The van der Waals surface area contributed by atoms with Crippen LogP contribution in [0.1, 0.15) is 37.3 Å². The number of benzene rings is 2. The molecule has 2 aromatic carbocycles. The number of sulfonamides is 1. The first-order chi connectivity index (χ1) is 13.4. The van der Waals surface area contributed by atoms with Crippen molar-refractivity contribution in [1.29, 1.82) is 0 Å². The Bertz CT molecular complexity index is 911. The second-order valence-corrected chi connectivity index (χ2v) is 8.82. The molecule has 152 valence electrons. The highest BCUT2D eigenvalue weighted by molar-refractivity contribution is 7.89. The van der Waals surface area contributed by atoms with Crippen LogP contribution in [0, 0.1) is 0 Å². The predicted molar refractivity (Wildman–Crippen MR) is 107 cm³/mol. The minimum Gasteiger partial charge on any atom is -0.497 e. The fraction of sp³-hybridized carbons (Fsp3) is 0.429. The number of rotatable bonds is 8. The Labute approximate surface area is 166 Å². The van der Waals surface area contributed by atoms with Gasteiger partial charge in [0.05, 0.1) is 18.6 Å². The Morgan fingerprint density at radius 3 is 2.54 bits per heavy atom. The van der Waals surface area contributed by atoms with Crippen LogP contribution in [0.4, 0.5) is 0 Å². The van der Waals surface area contributed by atoms with Crippen molar-refractivity contribution in [3.63, 3.8) is 0 Å². The molecule has 0 saturated heterocycles. The Hall–Kier alpha value is -2.09. The maximum atomic E-state index is 12.7. The normalized spacial score (nSPS) is 19.1. The number of aryl methyl sites for hydroxylation is 1. The molecule has 0 radical (unpaired) electrons. The lowest BCUT2D eigenvalue weighted by Gasteiger charge is -2.34. The van der Waals surface area contributed by atoms with Gasteiger partial charge >= 0.3 is 0 Å². The zero-order chi connectivity index (χ0) is 20.2. The molecule has 0 heterocycles. The molecule has 6 nitrogen and oxygen atoms in total. The van der Waals surface area contributed by atoms with Crippen LogP contribution in [0.2, 0.25) is 0 Å². The van der Waals surface area contributed by atoms with Gasteiger partial charge in [0.15, 0.2) is 0 Å². The maximum Gasteiger partial charge on any atom is 0.240 e. The second kappa shape index (κ2) is 8.51. The first kappa shape index (κ1) is 20.6. The van der Waals surface area contributed by atoms with Crippen molar-refractivity contribution in [3.8, 4) is 11.5 Å². The van der Waals surface area contributed by atoms with E-state index in [4.69, 9.17) is 9.47 Å².